The molecule has 2 heterocycles. The molecule has 0 aliphatic carbocycles. The summed E-state index contributed by atoms with van der Waals surface area (Å²) in [7, 11) is 0. The maximum atomic E-state index is 11.2. The Bertz CT molecular complexity index is 575. The van der Waals surface area contributed by atoms with Gasteiger partial charge in [0.05, 0.1) is 6.54 Å². The first-order chi connectivity index (χ1) is 9.95. The minimum atomic E-state index is -0.749. The van der Waals surface area contributed by atoms with Gasteiger partial charge in [0, 0.05) is 25.8 Å². The molecule has 0 bridgehead atoms. The zero-order valence-electron chi connectivity index (χ0n) is 11.4. The molecule has 8 nitrogen and oxygen atoms in total. The molecule has 1 aromatic heterocycles. The molecule has 0 radical (unpaired) electrons. The van der Waals surface area contributed by atoms with Gasteiger partial charge in [-0.05, 0) is 18.6 Å². The van der Waals surface area contributed by atoms with Crippen molar-refractivity contribution in [2.24, 2.45) is 5.10 Å². The van der Waals surface area contributed by atoms with E-state index in [4.69, 9.17) is 11.6 Å². The number of pyridine rings is 1. The zero-order chi connectivity index (χ0) is 15.4. The number of ketones is 1. The highest BCUT2D eigenvalue weighted by molar-refractivity contribution is 6.29. The third kappa shape index (κ3) is 4.12. The van der Waals surface area contributed by atoms with Crippen molar-refractivity contribution in [2.75, 3.05) is 19.6 Å². The molecule has 1 aliphatic rings. The summed E-state index contributed by atoms with van der Waals surface area (Å²) < 4.78 is 0. The fourth-order valence-corrected chi connectivity index (χ4v) is 2.24. The van der Waals surface area contributed by atoms with Gasteiger partial charge in [-0.3, -0.25) is 4.79 Å². The lowest BCUT2D eigenvalue weighted by atomic mass is 10.3. The Morgan fingerprint density at radius 3 is 2.76 bits per heavy atom. The molecule has 0 saturated carbocycles. The van der Waals surface area contributed by atoms with Crippen LogP contribution in [0.2, 0.25) is 5.15 Å². The summed E-state index contributed by atoms with van der Waals surface area (Å²) in [6.45, 7) is 3.05. The van der Waals surface area contributed by atoms with E-state index in [0.717, 1.165) is 5.56 Å². The van der Waals surface area contributed by atoms with E-state index in [1.165, 1.54) is 6.92 Å². The molecule has 21 heavy (non-hydrogen) atoms. The number of hydrazone groups is 1. The second-order valence-corrected chi connectivity index (χ2v) is 5.06. The van der Waals surface area contributed by atoms with Gasteiger partial charge in [0.2, 0.25) is 0 Å². The van der Waals surface area contributed by atoms with Crippen LogP contribution in [0.3, 0.4) is 0 Å². The topological polar surface area (TPSA) is 91.9 Å². The van der Waals surface area contributed by atoms with Crippen molar-refractivity contribution in [3.8, 4) is 0 Å². The van der Waals surface area contributed by atoms with Crippen LogP contribution >= 0.6 is 11.6 Å². The van der Waals surface area contributed by atoms with Crippen LogP contribution in [0, 0.1) is 10.1 Å². The van der Waals surface area contributed by atoms with Gasteiger partial charge in [-0.15, -0.1) is 0 Å². The van der Waals surface area contributed by atoms with Gasteiger partial charge in [0.1, 0.15) is 16.0 Å². The Morgan fingerprint density at radius 2 is 2.19 bits per heavy atom. The first-order valence-corrected chi connectivity index (χ1v) is 6.66. The van der Waals surface area contributed by atoms with Crippen molar-refractivity contribution in [3.63, 3.8) is 0 Å². The van der Waals surface area contributed by atoms with Gasteiger partial charge < -0.3 is 9.80 Å². The summed E-state index contributed by atoms with van der Waals surface area (Å²) in [4.78, 5) is 29.2. The fourth-order valence-electron chi connectivity index (χ4n) is 2.13. The Labute approximate surface area is 126 Å². The first-order valence-electron chi connectivity index (χ1n) is 6.28. The largest absolute Gasteiger partial charge is 0.331 e. The molecule has 1 fully saturated rings. The van der Waals surface area contributed by atoms with E-state index in [2.05, 4.69) is 10.1 Å². The summed E-state index contributed by atoms with van der Waals surface area (Å²) in [5.41, 5.74) is 0.861. The van der Waals surface area contributed by atoms with E-state index in [9.17, 15) is 14.9 Å². The van der Waals surface area contributed by atoms with Crippen molar-refractivity contribution in [3.05, 3.63) is 39.2 Å². The number of guanidine groups is 1. The highest BCUT2D eigenvalue weighted by atomic mass is 35.5. The Balaban J connectivity index is 2.16. The van der Waals surface area contributed by atoms with Crippen LogP contribution in [0.4, 0.5) is 0 Å². The standard InChI is InChI=1S/C12H14ClN5O3/c1-9(19)7-16-4-5-17(12(16)15-18(20)21)8-10-2-3-11(13)14-6-10/h2-3,6H,4-5,7-8H2,1H3/b15-12+. The number of carbonyl (C=O) groups is 1. The van der Waals surface area contributed by atoms with Gasteiger partial charge in [0.25, 0.3) is 5.96 Å². The molecule has 112 valence electrons. The predicted octanol–water partition coefficient (Wildman–Crippen LogP) is 0.989. The summed E-state index contributed by atoms with van der Waals surface area (Å²) in [5.74, 6) is 0.131. The molecule has 0 amide bonds. The van der Waals surface area contributed by atoms with Crippen LogP contribution in [0.25, 0.3) is 0 Å². The minimum absolute atomic E-state index is 0.0685. The predicted molar refractivity (Wildman–Crippen MR) is 76.3 cm³/mol. The first kappa shape index (κ1) is 15.2. The third-order valence-corrected chi connectivity index (χ3v) is 3.18. The average molecular weight is 312 g/mol. The number of hydrogen-bond donors (Lipinski definition) is 0. The Hall–Kier alpha value is -2.22. The van der Waals surface area contributed by atoms with E-state index in [-0.39, 0.29) is 18.3 Å². The lowest BCUT2D eigenvalue weighted by Crippen LogP contribution is -2.36. The molecule has 0 spiro atoms. The van der Waals surface area contributed by atoms with Gasteiger partial charge in [-0.25, -0.2) is 15.1 Å². The van der Waals surface area contributed by atoms with Gasteiger partial charge in [-0.2, -0.15) is 0 Å². The van der Waals surface area contributed by atoms with Crippen molar-refractivity contribution < 1.29 is 9.83 Å². The van der Waals surface area contributed by atoms with Gasteiger partial charge in [-0.1, -0.05) is 17.7 Å². The molecule has 1 aliphatic heterocycles. The molecule has 0 N–H and O–H groups in total. The van der Waals surface area contributed by atoms with E-state index in [0.29, 0.717) is 24.8 Å². The molecule has 0 unspecified atom stereocenters. The number of carbonyl (C=O) groups excluding carboxylic acids is 1. The lowest BCUT2D eigenvalue weighted by molar-refractivity contribution is -0.486. The van der Waals surface area contributed by atoms with Crippen LogP contribution in [0.1, 0.15) is 12.5 Å². The van der Waals surface area contributed by atoms with Gasteiger partial charge >= 0.3 is 0 Å². The van der Waals surface area contributed by atoms with Crippen LogP contribution in [-0.2, 0) is 11.3 Å². The highest BCUT2D eigenvalue weighted by Gasteiger charge is 2.30. The maximum absolute atomic E-state index is 11.2. The number of hydrogen-bond acceptors (Lipinski definition) is 4. The van der Waals surface area contributed by atoms with Crippen molar-refractivity contribution in [1.29, 1.82) is 0 Å². The smallest absolute Gasteiger partial charge is 0.274 e. The quantitative estimate of drug-likeness (QED) is 0.457. The van der Waals surface area contributed by atoms with Crippen LogP contribution in [0.15, 0.2) is 23.4 Å². The Kier molecular flexibility index (Phi) is 4.69. The number of halogens is 1. The molecular weight excluding hydrogens is 298 g/mol. The van der Waals surface area contributed by atoms with Gasteiger partial charge in [0.15, 0.2) is 5.03 Å². The molecule has 1 saturated heterocycles. The molecule has 2 rings (SSSR count). The van der Waals surface area contributed by atoms with Crippen molar-refractivity contribution in [2.45, 2.75) is 13.5 Å². The monoisotopic (exact) mass is 311 g/mol. The molecule has 1 aromatic rings. The second kappa shape index (κ2) is 6.49. The van der Waals surface area contributed by atoms with E-state index >= 15 is 0 Å². The zero-order valence-corrected chi connectivity index (χ0v) is 12.2. The fraction of sp³-hybridized carbons (Fsp3) is 0.417. The molecule has 0 aromatic carbocycles. The third-order valence-electron chi connectivity index (χ3n) is 2.95. The number of rotatable bonds is 5. The molecular formula is C12H14ClN5O3. The summed E-state index contributed by atoms with van der Waals surface area (Å²) in [5, 5.41) is 13.7. The van der Waals surface area contributed by atoms with Crippen molar-refractivity contribution in [1.82, 2.24) is 14.8 Å². The van der Waals surface area contributed by atoms with Crippen molar-refractivity contribution >= 4 is 23.3 Å². The number of Topliss-reactive ketones (excluding diaryl/α,β-unsaturated/α-hetero) is 1. The van der Waals surface area contributed by atoms with Crippen LogP contribution in [0.5, 0.6) is 0 Å². The van der Waals surface area contributed by atoms with E-state index in [1.54, 1.807) is 28.1 Å². The maximum Gasteiger partial charge on any atom is 0.274 e. The summed E-state index contributed by atoms with van der Waals surface area (Å²) >= 11 is 5.72. The minimum Gasteiger partial charge on any atom is -0.331 e. The number of nitro groups is 1. The SMILES string of the molecule is CC(=O)CN1CCN(Cc2ccc(Cl)nc2)/C1=N/[N+](=O)[O-]. The van der Waals surface area contributed by atoms with Crippen LogP contribution < -0.4 is 0 Å². The summed E-state index contributed by atoms with van der Waals surface area (Å²) in [6.07, 6.45) is 1.61. The highest BCUT2D eigenvalue weighted by Crippen LogP contribution is 2.14. The lowest BCUT2D eigenvalue weighted by Gasteiger charge is -2.19. The van der Waals surface area contributed by atoms with E-state index < -0.39 is 5.03 Å². The molecule has 9 heteroatoms. The normalized spacial score (nSPS) is 16.6. The summed E-state index contributed by atoms with van der Waals surface area (Å²) in [6, 6.07) is 3.46. The number of nitrogens with zero attached hydrogens (tertiary/aromatic N) is 5. The Morgan fingerprint density at radius 1 is 1.48 bits per heavy atom. The van der Waals surface area contributed by atoms with Crippen LogP contribution in [-0.4, -0.2) is 51.2 Å². The second-order valence-electron chi connectivity index (χ2n) is 4.67. The number of aromatic nitrogens is 1. The van der Waals surface area contributed by atoms with E-state index in [1.807, 2.05) is 0 Å². The molecule has 0 atom stereocenters. The average Bonchev–Trinajstić information content (AvgIpc) is 2.74.